The molecule has 1 aromatic rings. The van der Waals surface area contributed by atoms with Gasteiger partial charge in [0, 0.05) is 63.4 Å². The van der Waals surface area contributed by atoms with Crippen molar-refractivity contribution in [2.24, 2.45) is 23.5 Å². The maximum absolute atomic E-state index is 14.1. The number of carbonyl (C=O) groups excluding carboxylic acids is 3. The number of aromatic hydroxyl groups is 1. The number of likely N-dealkylation sites (N-methyl/N-ethyl adjacent to an activating group) is 1. The maximum atomic E-state index is 14.1. The fraction of sp³-hybridized carbons (Fsp3) is 0.581. The first-order chi connectivity index (χ1) is 20.3. The summed E-state index contributed by atoms with van der Waals surface area (Å²) in [5, 5.41) is 34.3. The Labute approximate surface area is 250 Å². The fourth-order valence-electron chi connectivity index (χ4n) is 7.97. The molecule has 0 bridgehead atoms. The van der Waals surface area contributed by atoms with Crippen molar-refractivity contribution in [2.45, 2.75) is 44.1 Å². The number of benzene rings is 1. The van der Waals surface area contributed by atoms with E-state index < -0.39 is 58.4 Å². The van der Waals surface area contributed by atoms with E-state index in [1.54, 1.807) is 19.0 Å². The average Bonchev–Trinajstić information content (AvgIpc) is 3.38. The van der Waals surface area contributed by atoms with Crippen LogP contribution in [0.1, 0.15) is 36.0 Å². The third-order valence-electron chi connectivity index (χ3n) is 9.93. The van der Waals surface area contributed by atoms with E-state index in [0.29, 0.717) is 64.1 Å². The number of nitrogens with two attached hydrogens (primary N) is 1. The van der Waals surface area contributed by atoms with E-state index in [2.05, 4.69) is 4.90 Å². The topological polar surface area (TPSA) is 166 Å². The van der Waals surface area contributed by atoms with Crippen LogP contribution in [0.15, 0.2) is 23.0 Å². The Morgan fingerprint density at radius 2 is 1.72 bits per heavy atom. The van der Waals surface area contributed by atoms with Gasteiger partial charge in [0.2, 0.25) is 0 Å². The molecular weight excluding hydrogens is 556 g/mol. The van der Waals surface area contributed by atoms with Crippen LogP contribution >= 0.6 is 0 Å². The van der Waals surface area contributed by atoms with Gasteiger partial charge in [0.25, 0.3) is 5.91 Å². The molecule has 1 amide bonds. The summed E-state index contributed by atoms with van der Waals surface area (Å²) in [6.07, 6.45) is 2.10. The highest BCUT2D eigenvalue weighted by Crippen LogP contribution is 2.52. The Balaban J connectivity index is 1.39. The van der Waals surface area contributed by atoms with Gasteiger partial charge in [-0.15, -0.1) is 0 Å². The fourth-order valence-corrected chi connectivity index (χ4v) is 7.97. The van der Waals surface area contributed by atoms with Crippen LogP contribution in [0.2, 0.25) is 0 Å². The molecule has 5 aliphatic rings. The molecule has 5 N–H and O–H groups in total. The number of aliphatic hydroxyl groups is 2. The van der Waals surface area contributed by atoms with Crippen LogP contribution in [0.5, 0.6) is 5.75 Å². The SMILES string of the molecule is CN(C)c1cc(CN2CCC3(CC2)OCCO3)c(O)c2c1CC1CC3C(C(=O)C(C(N)=O)=C(O)[C@H]3N(C)C)C(=O)C1=C2O. The van der Waals surface area contributed by atoms with Crippen LogP contribution < -0.4 is 10.6 Å². The highest BCUT2D eigenvalue weighted by Gasteiger charge is 2.56. The first-order valence-electron chi connectivity index (χ1n) is 14.8. The number of ether oxygens (including phenoxy) is 2. The summed E-state index contributed by atoms with van der Waals surface area (Å²) < 4.78 is 11.7. The Kier molecular flexibility index (Phi) is 7.31. The van der Waals surface area contributed by atoms with Gasteiger partial charge in [0.05, 0.1) is 30.7 Å². The van der Waals surface area contributed by atoms with Crippen molar-refractivity contribution in [3.63, 3.8) is 0 Å². The number of phenols is 1. The van der Waals surface area contributed by atoms with E-state index in [1.165, 1.54) is 0 Å². The molecule has 1 aromatic carbocycles. The van der Waals surface area contributed by atoms with Crippen LogP contribution in [0, 0.1) is 17.8 Å². The first kappa shape index (κ1) is 29.6. The van der Waals surface area contributed by atoms with E-state index in [-0.39, 0.29) is 22.6 Å². The van der Waals surface area contributed by atoms with Crippen LogP contribution in [0.3, 0.4) is 0 Å². The minimum absolute atomic E-state index is 0.0809. The molecule has 2 saturated heterocycles. The second-order valence-electron chi connectivity index (χ2n) is 12.8. The average molecular weight is 597 g/mol. The number of hydrogen-bond acceptors (Lipinski definition) is 11. The number of Topliss-reactive ketones (excluding diaryl/α,β-unsaturated/α-hetero) is 2. The monoisotopic (exact) mass is 596 g/mol. The molecule has 12 heteroatoms. The number of ketones is 2. The van der Waals surface area contributed by atoms with Crippen molar-refractivity contribution < 1.29 is 39.2 Å². The highest BCUT2D eigenvalue weighted by atomic mass is 16.7. The summed E-state index contributed by atoms with van der Waals surface area (Å²) in [6, 6.07) is 1.17. The number of amides is 1. The maximum Gasteiger partial charge on any atom is 0.255 e. The number of rotatable bonds is 5. The number of nitrogens with zero attached hydrogens (tertiary/aromatic N) is 3. The predicted octanol–water partition coefficient (Wildman–Crippen LogP) is 1.25. The summed E-state index contributed by atoms with van der Waals surface area (Å²) in [5.74, 6) is -6.24. The molecule has 2 heterocycles. The molecule has 1 spiro atoms. The van der Waals surface area contributed by atoms with Gasteiger partial charge in [-0.3, -0.25) is 24.2 Å². The van der Waals surface area contributed by atoms with Crippen molar-refractivity contribution in [1.82, 2.24) is 9.80 Å². The molecule has 12 nitrogen and oxygen atoms in total. The number of aliphatic hydroxyl groups excluding tert-OH is 2. The molecule has 1 saturated carbocycles. The number of carbonyl (C=O) groups is 3. The van der Waals surface area contributed by atoms with E-state index in [9.17, 15) is 29.7 Å². The molecule has 43 heavy (non-hydrogen) atoms. The zero-order valence-corrected chi connectivity index (χ0v) is 25.1. The van der Waals surface area contributed by atoms with E-state index in [0.717, 1.165) is 11.3 Å². The van der Waals surface area contributed by atoms with Crippen LogP contribution in [-0.4, -0.2) is 109 Å². The van der Waals surface area contributed by atoms with Crippen LogP contribution in [-0.2, 0) is 36.8 Å². The molecule has 3 unspecified atom stereocenters. The molecule has 6 rings (SSSR count). The number of fused-ring (bicyclic) bond motifs is 3. The largest absolute Gasteiger partial charge is 0.510 e. The lowest BCUT2D eigenvalue weighted by atomic mass is 9.59. The summed E-state index contributed by atoms with van der Waals surface area (Å²) in [5.41, 5.74) is 7.34. The molecule has 0 radical (unpaired) electrons. The standard InChI is InChI=1S/C31H40N4O8/c1-33(2)19-13-16(14-35-7-5-31(6-8-35)42-9-10-43-31)25(36)21-17(19)11-15-12-18-22(27(38)20(15)26(21)37)28(39)23(30(32)41)29(40)24(18)34(3)4/h13,15,18,22,24,36-37,40H,5-12,14H2,1-4H3,(H2,32,41)/t15?,18?,22?,24-/m0/s1. The van der Waals surface area contributed by atoms with Gasteiger partial charge in [0.15, 0.2) is 17.4 Å². The number of anilines is 1. The van der Waals surface area contributed by atoms with Crippen molar-refractivity contribution in [2.75, 3.05) is 59.4 Å². The van der Waals surface area contributed by atoms with Gasteiger partial charge in [-0.05, 0) is 50.4 Å². The Morgan fingerprint density at radius 3 is 2.30 bits per heavy atom. The Hall–Kier alpha value is -3.45. The van der Waals surface area contributed by atoms with Crippen LogP contribution in [0.4, 0.5) is 5.69 Å². The molecule has 232 valence electrons. The zero-order chi connectivity index (χ0) is 31.0. The second kappa shape index (κ2) is 10.6. The predicted molar refractivity (Wildman–Crippen MR) is 156 cm³/mol. The normalized spacial score (nSPS) is 28.8. The van der Waals surface area contributed by atoms with Gasteiger partial charge >= 0.3 is 0 Å². The minimum Gasteiger partial charge on any atom is -0.510 e. The third kappa shape index (κ3) is 4.62. The minimum atomic E-state index is -1.28. The van der Waals surface area contributed by atoms with Crippen LogP contribution in [0.25, 0.3) is 5.76 Å². The number of phenolic OH excluding ortho intramolecular Hbond substituents is 1. The summed E-state index contributed by atoms with van der Waals surface area (Å²) >= 11 is 0. The number of piperidine rings is 1. The molecule has 2 aliphatic heterocycles. The van der Waals surface area contributed by atoms with Gasteiger partial charge < -0.3 is 35.4 Å². The lowest BCUT2D eigenvalue weighted by Gasteiger charge is -2.46. The van der Waals surface area contributed by atoms with Gasteiger partial charge in [-0.1, -0.05) is 0 Å². The second-order valence-corrected chi connectivity index (χ2v) is 12.8. The van der Waals surface area contributed by atoms with Crippen molar-refractivity contribution in [1.29, 1.82) is 0 Å². The van der Waals surface area contributed by atoms with Crippen molar-refractivity contribution in [3.8, 4) is 5.75 Å². The molecule has 3 fully saturated rings. The summed E-state index contributed by atoms with van der Waals surface area (Å²) in [6.45, 7) is 3.03. The summed E-state index contributed by atoms with van der Waals surface area (Å²) in [7, 11) is 7.19. The quantitative estimate of drug-likeness (QED) is 0.285. The van der Waals surface area contributed by atoms with Gasteiger partial charge in [0.1, 0.15) is 22.8 Å². The lowest BCUT2D eigenvalue weighted by Crippen LogP contribution is -2.55. The lowest BCUT2D eigenvalue weighted by molar-refractivity contribution is -0.185. The van der Waals surface area contributed by atoms with E-state index >= 15 is 0 Å². The first-order valence-corrected chi connectivity index (χ1v) is 14.8. The molecular formula is C31H40N4O8. The number of likely N-dealkylation sites (tertiary alicyclic amines) is 1. The van der Waals surface area contributed by atoms with Crippen molar-refractivity contribution in [3.05, 3.63) is 39.7 Å². The van der Waals surface area contributed by atoms with E-state index in [1.807, 2.05) is 25.1 Å². The molecule has 0 aromatic heterocycles. The van der Waals surface area contributed by atoms with Gasteiger partial charge in [-0.2, -0.15) is 0 Å². The van der Waals surface area contributed by atoms with Gasteiger partial charge in [-0.25, -0.2) is 0 Å². The molecule has 4 atom stereocenters. The zero-order valence-electron chi connectivity index (χ0n) is 25.1. The Morgan fingerprint density at radius 1 is 1.07 bits per heavy atom. The number of allylic oxidation sites excluding steroid dienone is 1. The third-order valence-corrected chi connectivity index (χ3v) is 9.93. The molecule has 3 aliphatic carbocycles. The Bertz CT molecular complexity index is 1450. The van der Waals surface area contributed by atoms with E-state index in [4.69, 9.17) is 15.2 Å². The number of hydrogen-bond donors (Lipinski definition) is 4. The number of primary amides is 1. The van der Waals surface area contributed by atoms with Crippen molar-refractivity contribution >= 4 is 28.9 Å². The smallest absolute Gasteiger partial charge is 0.255 e. The highest BCUT2D eigenvalue weighted by molar-refractivity contribution is 6.28. The summed E-state index contributed by atoms with van der Waals surface area (Å²) in [4.78, 5) is 45.5.